The summed E-state index contributed by atoms with van der Waals surface area (Å²) in [5.41, 5.74) is 6.62. The maximum Gasteiger partial charge on any atom is 0.241 e. The fourth-order valence-electron chi connectivity index (χ4n) is 3.29. The van der Waals surface area contributed by atoms with E-state index in [-0.39, 0.29) is 18.4 Å². The van der Waals surface area contributed by atoms with Gasteiger partial charge in [0, 0.05) is 12.2 Å². The Bertz CT molecular complexity index is 575. The van der Waals surface area contributed by atoms with Crippen LogP contribution in [0.1, 0.15) is 51.4 Å². The zero-order valence-electron chi connectivity index (χ0n) is 14.0. The van der Waals surface area contributed by atoms with Crippen molar-refractivity contribution in [1.29, 1.82) is 0 Å². The van der Waals surface area contributed by atoms with Crippen LogP contribution >= 0.6 is 0 Å². The first-order chi connectivity index (χ1) is 11.6. The van der Waals surface area contributed by atoms with Crippen LogP contribution < -0.4 is 16.4 Å². The highest BCUT2D eigenvalue weighted by Gasteiger charge is 2.24. The van der Waals surface area contributed by atoms with Crippen molar-refractivity contribution in [2.24, 2.45) is 11.7 Å². The molecule has 2 amide bonds. The SMILES string of the molecule is NC(CC1CCCCC1)C(=O)Nc1cnn(CC(=O)NC2CC2)c1. The molecule has 1 aromatic rings. The number of rotatable bonds is 7. The van der Waals surface area contributed by atoms with Gasteiger partial charge in [0.2, 0.25) is 11.8 Å². The quantitative estimate of drug-likeness (QED) is 0.702. The minimum Gasteiger partial charge on any atom is -0.352 e. The van der Waals surface area contributed by atoms with Gasteiger partial charge in [-0.3, -0.25) is 14.3 Å². The number of nitrogens with one attached hydrogen (secondary N) is 2. The van der Waals surface area contributed by atoms with Gasteiger partial charge in [0.15, 0.2) is 0 Å². The molecule has 0 radical (unpaired) electrons. The van der Waals surface area contributed by atoms with E-state index in [1.54, 1.807) is 12.4 Å². The number of carbonyl (C=O) groups excluding carboxylic acids is 2. The van der Waals surface area contributed by atoms with E-state index in [1.165, 1.54) is 36.8 Å². The highest BCUT2D eigenvalue weighted by molar-refractivity contribution is 5.94. The van der Waals surface area contributed by atoms with E-state index in [0.717, 1.165) is 19.3 Å². The van der Waals surface area contributed by atoms with Crippen molar-refractivity contribution in [2.75, 3.05) is 5.32 Å². The summed E-state index contributed by atoms with van der Waals surface area (Å²) in [5, 5.41) is 9.82. The third-order valence-corrected chi connectivity index (χ3v) is 4.80. The van der Waals surface area contributed by atoms with Crippen LogP contribution in [0.15, 0.2) is 12.4 Å². The molecular weight excluding hydrogens is 306 g/mol. The molecule has 2 aliphatic carbocycles. The summed E-state index contributed by atoms with van der Waals surface area (Å²) in [5.74, 6) is 0.336. The molecule has 1 atom stereocenters. The first kappa shape index (κ1) is 17.0. The molecule has 2 fully saturated rings. The lowest BCUT2D eigenvalue weighted by molar-refractivity contribution is -0.122. The van der Waals surface area contributed by atoms with Gasteiger partial charge in [-0.25, -0.2) is 0 Å². The maximum absolute atomic E-state index is 12.2. The van der Waals surface area contributed by atoms with Crippen molar-refractivity contribution in [3.8, 4) is 0 Å². The van der Waals surface area contributed by atoms with Gasteiger partial charge in [-0.05, 0) is 25.2 Å². The van der Waals surface area contributed by atoms with Gasteiger partial charge in [-0.2, -0.15) is 5.10 Å². The molecule has 2 saturated carbocycles. The Balaban J connectivity index is 1.44. The Morgan fingerprint density at radius 3 is 2.71 bits per heavy atom. The fraction of sp³-hybridized carbons (Fsp3) is 0.706. The lowest BCUT2D eigenvalue weighted by Gasteiger charge is -2.23. The predicted molar refractivity (Wildman–Crippen MR) is 91.2 cm³/mol. The van der Waals surface area contributed by atoms with Crippen LogP contribution in [-0.4, -0.2) is 33.7 Å². The molecule has 24 heavy (non-hydrogen) atoms. The van der Waals surface area contributed by atoms with Gasteiger partial charge >= 0.3 is 0 Å². The minimum absolute atomic E-state index is 0.0486. The van der Waals surface area contributed by atoms with E-state index in [2.05, 4.69) is 15.7 Å². The number of nitrogens with two attached hydrogens (primary N) is 1. The van der Waals surface area contributed by atoms with Crippen molar-refractivity contribution in [3.63, 3.8) is 0 Å². The zero-order chi connectivity index (χ0) is 16.9. The second-order valence-electron chi connectivity index (χ2n) is 7.10. The van der Waals surface area contributed by atoms with Gasteiger partial charge in [0.05, 0.1) is 17.9 Å². The Hall–Kier alpha value is -1.89. The second kappa shape index (κ2) is 7.79. The average Bonchev–Trinajstić information content (AvgIpc) is 3.26. The molecule has 0 saturated heterocycles. The van der Waals surface area contributed by atoms with Crippen LogP contribution in [0.5, 0.6) is 0 Å². The lowest BCUT2D eigenvalue weighted by Crippen LogP contribution is -2.37. The molecule has 7 nitrogen and oxygen atoms in total. The summed E-state index contributed by atoms with van der Waals surface area (Å²) in [6.07, 6.45) is 12.2. The highest BCUT2D eigenvalue weighted by atomic mass is 16.2. The number of hydrogen-bond acceptors (Lipinski definition) is 4. The number of amides is 2. The minimum atomic E-state index is -0.491. The van der Waals surface area contributed by atoms with Gasteiger partial charge < -0.3 is 16.4 Å². The molecule has 2 aliphatic rings. The topological polar surface area (TPSA) is 102 Å². The summed E-state index contributed by atoms with van der Waals surface area (Å²) in [7, 11) is 0. The Kier molecular flexibility index (Phi) is 5.50. The molecular formula is C17H27N5O2. The van der Waals surface area contributed by atoms with E-state index in [4.69, 9.17) is 5.73 Å². The van der Waals surface area contributed by atoms with E-state index in [9.17, 15) is 9.59 Å². The zero-order valence-corrected chi connectivity index (χ0v) is 14.0. The molecule has 3 rings (SSSR count). The number of anilines is 1. The van der Waals surface area contributed by atoms with E-state index in [1.807, 2.05) is 0 Å². The standard InChI is InChI=1S/C17H27N5O2/c18-15(8-12-4-2-1-3-5-12)17(24)21-14-9-19-22(10-14)11-16(23)20-13-6-7-13/h9-10,12-13,15H,1-8,11,18H2,(H,20,23)(H,21,24). The van der Waals surface area contributed by atoms with Crippen LogP contribution in [-0.2, 0) is 16.1 Å². The maximum atomic E-state index is 12.2. The van der Waals surface area contributed by atoms with Crippen LogP contribution in [0.25, 0.3) is 0 Å². The third kappa shape index (κ3) is 5.06. The molecule has 0 bridgehead atoms. The van der Waals surface area contributed by atoms with Crippen LogP contribution in [0.2, 0.25) is 0 Å². The lowest BCUT2D eigenvalue weighted by atomic mass is 9.85. The average molecular weight is 333 g/mol. The molecule has 4 N–H and O–H groups in total. The Morgan fingerprint density at radius 1 is 1.25 bits per heavy atom. The summed E-state index contributed by atoms with van der Waals surface area (Å²) in [4.78, 5) is 24.0. The predicted octanol–water partition coefficient (Wildman–Crippen LogP) is 1.40. The van der Waals surface area contributed by atoms with Crippen LogP contribution in [0.3, 0.4) is 0 Å². The first-order valence-corrected chi connectivity index (χ1v) is 8.98. The summed E-state index contributed by atoms with van der Waals surface area (Å²) in [6, 6.07) is -0.153. The molecule has 132 valence electrons. The summed E-state index contributed by atoms with van der Waals surface area (Å²) >= 11 is 0. The summed E-state index contributed by atoms with van der Waals surface area (Å²) in [6.45, 7) is 0.167. The number of nitrogens with zero attached hydrogens (tertiary/aromatic N) is 2. The molecule has 0 spiro atoms. The molecule has 0 aliphatic heterocycles. The molecule has 7 heteroatoms. The largest absolute Gasteiger partial charge is 0.352 e. The normalized spacial score (nSPS) is 19.7. The Labute approximate surface area is 142 Å². The van der Waals surface area contributed by atoms with Crippen LogP contribution in [0.4, 0.5) is 5.69 Å². The van der Waals surface area contributed by atoms with Crippen molar-refractivity contribution in [3.05, 3.63) is 12.4 Å². The van der Waals surface area contributed by atoms with Crippen molar-refractivity contribution >= 4 is 17.5 Å². The van der Waals surface area contributed by atoms with Gasteiger partial charge in [0.1, 0.15) is 6.54 Å². The number of carbonyl (C=O) groups is 2. The van der Waals surface area contributed by atoms with Gasteiger partial charge in [-0.1, -0.05) is 32.1 Å². The Morgan fingerprint density at radius 2 is 2.00 bits per heavy atom. The third-order valence-electron chi connectivity index (χ3n) is 4.80. The monoisotopic (exact) mass is 333 g/mol. The summed E-state index contributed by atoms with van der Waals surface area (Å²) < 4.78 is 1.53. The molecule has 1 aromatic heterocycles. The molecule has 0 aromatic carbocycles. The molecule has 1 heterocycles. The molecule has 1 unspecified atom stereocenters. The highest BCUT2D eigenvalue weighted by Crippen LogP contribution is 2.27. The van der Waals surface area contributed by atoms with Gasteiger partial charge in [0.25, 0.3) is 0 Å². The van der Waals surface area contributed by atoms with E-state index in [0.29, 0.717) is 17.6 Å². The van der Waals surface area contributed by atoms with Crippen molar-refractivity contribution in [2.45, 2.75) is 70.0 Å². The smallest absolute Gasteiger partial charge is 0.241 e. The number of aromatic nitrogens is 2. The first-order valence-electron chi connectivity index (χ1n) is 8.98. The van der Waals surface area contributed by atoms with Gasteiger partial charge in [-0.15, -0.1) is 0 Å². The van der Waals surface area contributed by atoms with Crippen molar-refractivity contribution < 1.29 is 9.59 Å². The van der Waals surface area contributed by atoms with E-state index >= 15 is 0 Å². The van der Waals surface area contributed by atoms with Crippen LogP contribution in [0, 0.1) is 5.92 Å². The fourth-order valence-corrected chi connectivity index (χ4v) is 3.29. The van der Waals surface area contributed by atoms with Crippen molar-refractivity contribution in [1.82, 2.24) is 15.1 Å². The second-order valence-corrected chi connectivity index (χ2v) is 7.10. The number of hydrogen-bond donors (Lipinski definition) is 3. The van der Waals surface area contributed by atoms with E-state index < -0.39 is 6.04 Å².